The molecule has 0 bridgehead atoms. The fraction of sp³-hybridized carbons (Fsp3) is 0.950. The number of hydrogen-bond acceptors (Lipinski definition) is 4. The van der Waals surface area contributed by atoms with Gasteiger partial charge in [0.2, 0.25) is 15.9 Å². The maximum Gasteiger partial charge on any atom is 0.223 e. The van der Waals surface area contributed by atoms with Crippen molar-refractivity contribution in [2.75, 3.05) is 6.26 Å². The van der Waals surface area contributed by atoms with Crippen molar-refractivity contribution in [1.82, 2.24) is 10.0 Å². The van der Waals surface area contributed by atoms with Gasteiger partial charge in [-0.05, 0) is 69.6 Å². The zero-order chi connectivity index (χ0) is 20.8. The molecule has 6 nitrogen and oxygen atoms in total. The van der Waals surface area contributed by atoms with E-state index in [0.717, 1.165) is 25.7 Å². The van der Waals surface area contributed by atoms with Gasteiger partial charge in [-0.25, -0.2) is 13.1 Å². The normalized spacial score (nSPS) is 38.7. The molecule has 2 fully saturated rings. The van der Waals surface area contributed by atoms with Gasteiger partial charge in [-0.2, -0.15) is 0 Å². The first-order valence-electron chi connectivity index (χ1n) is 10.1. The van der Waals surface area contributed by atoms with Crippen molar-refractivity contribution in [3.63, 3.8) is 0 Å². The fourth-order valence-corrected chi connectivity index (χ4v) is 6.30. The Kier molecular flexibility index (Phi) is 6.40. The van der Waals surface area contributed by atoms with Gasteiger partial charge in [0.05, 0.1) is 12.4 Å². The number of carbonyl (C=O) groups is 1. The minimum Gasteiger partial charge on any atom is -0.392 e. The Morgan fingerprint density at radius 1 is 1.22 bits per heavy atom. The Bertz CT molecular complexity index is 657. The van der Waals surface area contributed by atoms with E-state index >= 15 is 0 Å². The third kappa shape index (κ3) is 5.24. The molecule has 1 amide bonds. The maximum atomic E-state index is 12.7. The first kappa shape index (κ1) is 22.6. The maximum absolute atomic E-state index is 12.7. The van der Waals surface area contributed by atoms with Crippen LogP contribution < -0.4 is 10.0 Å². The summed E-state index contributed by atoms with van der Waals surface area (Å²) in [6.45, 7) is 12.0. The van der Waals surface area contributed by atoms with E-state index in [0.29, 0.717) is 0 Å². The largest absolute Gasteiger partial charge is 0.392 e. The number of carbonyl (C=O) groups excluding carboxylic acids is 1. The van der Waals surface area contributed by atoms with Gasteiger partial charge in [0.15, 0.2) is 0 Å². The molecule has 27 heavy (non-hydrogen) atoms. The molecule has 2 aliphatic rings. The second kappa shape index (κ2) is 7.64. The van der Waals surface area contributed by atoms with E-state index in [2.05, 4.69) is 17.0 Å². The fourth-order valence-electron chi connectivity index (χ4n) is 5.41. The van der Waals surface area contributed by atoms with Gasteiger partial charge in [-0.1, -0.05) is 20.8 Å². The molecule has 0 aromatic carbocycles. The van der Waals surface area contributed by atoms with Gasteiger partial charge < -0.3 is 10.4 Å². The standard InChI is InChI=1S/C20H38N2O4S/c1-12(18(24)21-19(3,4)5)14-8-10-20(6)11-9-15(22-27(7,25)26)13(2)16(20)17(14)23/h12-17,22-23H,8-11H2,1-7H3,(H,21,24)/t12-,13+,14+,15-,16+,17-,20-/m0/s1. The molecule has 2 rings (SSSR count). The topological polar surface area (TPSA) is 95.5 Å². The average molecular weight is 403 g/mol. The summed E-state index contributed by atoms with van der Waals surface area (Å²) in [5.41, 5.74) is -0.312. The summed E-state index contributed by atoms with van der Waals surface area (Å²) < 4.78 is 26.2. The Morgan fingerprint density at radius 3 is 2.30 bits per heavy atom. The van der Waals surface area contributed by atoms with Crippen LogP contribution in [0.2, 0.25) is 0 Å². The zero-order valence-electron chi connectivity index (χ0n) is 17.9. The van der Waals surface area contributed by atoms with Crippen molar-refractivity contribution in [2.45, 2.75) is 84.9 Å². The summed E-state index contributed by atoms with van der Waals surface area (Å²) in [6, 6.07) is -0.162. The van der Waals surface area contributed by atoms with Gasteiger partial charge in [0.1, 0.15) is 0 Å². The summed E-state index contributed by atoms with van der Waals surface area (Å²) >= 11 is 0. The summed E-state index contributed by atoms with van der Waals surface area (Å²) in [5, 5.41) is 14.3. The van der Waals surface area contributed by atoms with Gasteiger partial charge >= 0.3 is 0 Å². The molecule has 0 aliphatic heterocycles. The van der Waals surface area contributed by atoms with Crippen molar-refractivity contribution in [2.24, 2.45) is 29.1 Å². The molecule has 0 aromatic heterocycles. The molecule has 0 aromatic rings. The molecule has 2 aliphatic carbocycles. The van der Waals surface area contributed by atoms with Gasteiger partial charge in [0, 0.05) is 17.5 Å². The second-order valence-corrected chi connectivity index (χ2v) is 12.1. The highest BCUT2D eigenvalue weighted by Gasteiger charge is 2.54. The first-order valence-corrected chi connectivity index (χ1v) is 12.0. The molecule has 158 valence electrons. The Hall–Kier alpha value is -0.660. The van der Waals surface area contributed by atoms with Gasteiger partial charge in [-0.3, -0.25) is 4.79 Å². The molecule has 3 N–H and O–H groups in total. The van der Waals surface area contributed by atoms with Crippen LogP contribution in [-0.4, -0.2) is 43.4 Å². The lowest BCUT2D eigenvalue weighted by Crippen LogP contribution is -2.58. The van der Waals surface area contributed by atoms with E-state index in [-0.39, 0.29) is 46.6 Å². The molecule has 2 saturated carbocycles. The van der Waals surface area contributed by atoms with Crippen molar-refractivity contribution >= 4 is 15.9 Å². The van der Waals surface area contributed by atoms with Crippen molar-refractivity contribution in [3.8, 4) is 0 Å². The predicted molar refractivity (Wildman–Crippen MR) is 108 cm³/mol. The second-order valence-electron chi connectivity index (χ2n) is 10.3. The zero-order valence-corrected chi connectivity index (χ0v) is 18.7. The van der Waals surface area contributed by atoms with E-state index in [1.165, 1.54) is 6.26 Å². The minimum atomic E-state index is -3.29. The Morgan fingerprint density at radius 2 is 1.78 bits per heavy atom. The lowest BCUT2D eigenvalue weighted by molar-refractivity contribution is -0.142. The van der Waals surface area contributed by atoms with Crippen LogP contribution in [0.5, 0.6) is 0 Å². The minimum absolute atomic E-state index is 0.00869. The molecule has 0 saturated heterocycles. The number of aliphatic hydroxyl groups excluding tert-OH is 1. The lowest BCUT2D eigenvalue weighted by Gasteiger charge is -2.56. The van der Waals surface area contributed by atoms with Crippen LogP contribution in [0.4, 0.5) is 0 Å². The van der Waals surface area contributed by atoms with E-state index in [9.17, 15) is 18.3 Å². The number of sulfonamides is 1. The summed E-state index contributed by atoms with van der Waals surface area (Å²) in [6.07, 6.45) is 4.04. The molecular formula is C20H38N2O4S. The number of aliphatic hydroxyl groups is 1. The van der Waals surface area contributed by atoms with Crippen LogP contribution >= 0.6 is 0 Å². The van der Waals surface area contributed by atoms with Crippen LogP contribution in [0.3, 0.4) is 0 Å². The third-order valence-corrected chi connectivity index (χ3v) is 7.54. The SMILES string of the molecule is C[C@H]1[C@@H]2[C@@H](O)[C@@H]([C@H](C)C(=O)NC(C)(C)C)CC[C@@]2(C)CC[C@@H]1NS(C)(=O)=O. The summed E-state index contributed by atoms with van der Waals surface area (Å²) in [7, 11) is -3.29. The predicted octanol–water partition coefficient (Wildman–Crippen LogP) is 2.28. The molecule has 7 atom stereocenters. The molecule has 0 unspecified atom stereocenters. The monoisotopic (exact) mass is 402 g/mol. The highest BCUT2D eigenvalue weighted by atomic mass is 32.2. The summed E-state index contributed by atoms with van der Waals surface area (Å²) in [4.78, 5) is 12.7. The molecule has 0 radical (unpaired) electrons. The van der Waals surface area contributed by atoms with Crippen LogP contribution in [0.15, 0.2) is 0 Å². The van der Waals surface area contributed by atoms with Crippen LogP contribution in [0.1, 0.15) is 67.2 Å². The number of amides is 1. The van der Waals surface area contributed by atoms with E-state index in [1.807, 2.05) is 34.6 Å². The Balaban J connectivity index is 2.20. The quantitative estimate of drug-likeness (QED) is 0.672. The number of hydrogen-bond donors (Lipinski definition) is 3. The molecular weight excluding hydrogens is 364 g/mol. The first-order chi connectivity index (χ1) is 12.1. The number of rotatable bonds is 4. The lowest BCUT2D eigenvalue weighted by atomic mass is 9.52. The third-order valence-electron chi connectivity index (χ3n) is 6.81. The number of fused-ring (bicyclic) bond motifs is 1. The van der Waals surface area contributed by atoms with Crippen molar-refractivity contribution in [1.29, 1.82) is 0 Å². The van der Waals surface area contributed by atoms with E-state index in [1.54, 1.807) is 0 Å². The average Bonchev–Trinajstić information content (AvgIpc) is 2.47. The summed E-state index contributed by atoms with van der Waals surface area (Å²) in [5.74, 6) is -0.406. The van der Waals surface area contributed by atoms with Crippen LogP contribution in [0.25, 0.3) is 0 Å². The van der Waals surface area contributed by atoms with Gasteiger partial charge in [-0.15, -0.1) is 0 Å². The van der Waals surface area contributed by atoms with Crippen molar-refractivity contribution in [3.05, 3.63) is 0 Å². The number of nitrogens with one attached hydrogen (secondary N) is 2. The smallest absolute Gasteiger partial charge is 0.223 e. The van der Waals surface area contributed by atoms with E-state index in [4.69, 9.17) is 0 Å². The molecule has 7 heteroatoms. The highest BCUT2D eigenvalue weighted by molar-refractivity contribution is 7.88. The van der Waals surface area contributed by atoms with Crippen LogP contribution in [-0.2, 0) is 14.8 Å². The van der Waals surface area contributed by atoms with E-state index < -0.39 is 16.1 Å². The highest BCUT2D eigenvalue weighted by Crippen LogP contribution is 2.55. The molecule has 0 spiro atoms. The van der Waals surface area contributed by atoms with Crippen LogP contribution in [0, 0.1) is 29.1 Å². The Labute approximate surface area is 164 Å². The van der Waals surface area contributed by atoms with Gasteiger partial charge in [0.25, 0.3) is 0 Å². The molecule has 0 heterocycles. The van der Waals surface area contributed by atoms with Crippen molar-refractivity contribution < 1.29 is 18.3 Å².